The summed E-state index contributed by atoms with van der Waals surface area (Å²) in [6.45, 7) is 6.18. The molecule has 0 radical (unpaired) electrons. The van der Waals surface area contributed by atoms with Gasteiger partial charge in [-0.25, -0.2) is 0 Å². The smallest absolute Gasteiger partial charge is 0.123 e. The van der Waals surface area contributed by atoms with Crippen LogP contribution < -0.4 is 10.1 Å². The van der Waals surface area contributed by atoms with Crippen molar-refractivity contribution in [2.24, 2.45) is 5.92 Å². The molecule has 1 aliphatic heterocycles. The Morgan fingerprint density at radius 2 is 2.18 bits per heavy atom. The van der Waals surface area contributed by atoms with Crippen LogP contribution in [0.5, 0.6) is 5.75 Å². The van der Waals surface area contributed by atoms with Gasteiger partial charge in [0.25, 0.3) is 0 Å². The fourth-order valence-corrected chi connectivity index (χ4v) is 3.01. The van der Waals surface area contributed by atoms with Gasteiger partial charge in [-0.2, -0.15) is 0 Å². The van der Waals surface area contributed by atoms with Crippen LogP contribution in [0.1, 0.15) is 49.8 Å². The zero-order valence-electron chi connectivity index (χ0n) is 10.7. The number of rotatable bonds is 3. The van der Waals surface area contributed by atoms with Crippen molar-refractivity contribution in [3.05, 3.63) is 29.3 Å². The second-order valence-electron chi connectivity index (χ2n) is 5.32. The Kier molecular flexibility index (Phi) is 2.83. The topological polar surface area (TPSA) is 21.3 Å². The lowest BCUT2D eigenvalue weighted by molar-refractivity contribution is 0.326. The zero-order chi connectivity index (χ0) is 11.8. The van der Waals surface area contributed by atoms with Crippen LogP contribution in [0.15, 0.2) is 18.2 Å². The van der Waals surface area contributed by atoms with Gasteiger partial charge >= 0.3 is 0 Å². The summed E-state index contributed by atoms with van der Waals surface area (Å²) in [6, 6.07) is 7.11. The quantitative estimate of drug-likeness (QED) is 0.862. The summed E-state index contributed by atoms with van der Waals surface area (Å²) in [7, 11) is 0. The summed E-state index contributed by atoms with van der Waals surface area (Å²) in [5.74, 6) is 2.52. The van der Waals surface area contributed by atoms with Gasteiger partial charge in [-0.15, -0.1) is 0 Å². The molecule has 2 atom stereocenters. The highest BCUT2D eigenvalue weighted by atomic mass is 16.5. The molecule has 0 spiro atoms. The van der Waals surface area contributed by atoms with Crippen LogP contribution in [0.3, 0.4) is 0 Å². The lowest BCUT2D eigenvalue weighted by Crippen LogP contribution is -2.33. The van der Waals surface area contributed by atoms with Crippen molar-refractivity contribution < 1.29 is 4.74 Å². The lowest BCUT2D eigenvalue weighted by atomic mass is 9.85. The molecule has 3 rings (SSSR count). The van der Waals surface area contributed by atoms with Gasteiger partial charge in [-0.05, 0) is 43.2 Å². The average molecular weight is 231 g/mol. The summed E-state index contributed by atoms with van der Waals surface area (Å²) in [5.41, 5.74) is 2.93. The number of hydrogen-bond donors (Lipinski definition) is 1. The molecule has 0 saturated heterocycles. The minimum Gasteiger partial charge on any atom is -0.494 e. The fourth-order valence-electron chi connectivity index (χ4n) is 3.01. The van der Waals surface area contributed by atoms with E-state index in [2.05, 4.69) is 37.4 Å². The van der Waals surface area contributed by atoms with E-state index >= 15 is 0 Å². The van der Waals surface area contributed by atoms with Crippen molar-refractivity contribution in [2.75, 3.05) is 13.2 Å². The highest BCUT2D eigenvalue weighted by Crippen LogP contribution is 2.47. The number of benzene rings is 1. The second kappa shape index (κ2) is 4.34. The van der Waals surface area contributed by atoms with Crippen LogP contribution in [0.4, 0.5) is 0 Å². The van der Waals surface area contributed by atoms with Crippen molar-refractivity contribution in [2.45, 2.75) is 38.6 Å². The number of nitrogens with one attached hydrogen (secondary N) is 1. The molecule has 0 amide bonds. The van der Waals surface area contributed by atoms with Crippen molar-refractivity contribution in [1.82, 2.24) is 5.32 Å². The molecule has 2 heteroatoms. The Balaban J connectivity index is 2.02. The fraction of sp³-hybridized carbons (Fsp3) is 0.600. The molecule has 0 aromatic heterocycles. The summed E-state index contributed by atoms with van der Waals surface area (Å²) in [4.78, 5) is 0. The maximum Gasteiger partial charge on any atom is 0.123 e. The Labute approximate surface area is 103 Å². The highest BCUT2D eigenvalue weighted by Gasteiger charge is 2.37. The molecule has 92 valence electrons. The molecule has 2 unspecified atom stereocenters. The minimum atomic E-state index is 0.558. The molecule has 17 heavy (non-hydrogen) atoms. The number of ether oxygens (including phenoxy) is 1. The predicted octanol–water partition coefficient (Wildman–Crippen LogP) is 3.24. The summed E-state index contributed by atoms with van der Waals surface area (Å²) in [6.07, 6.45) is 2.76. The van der Waals surface area contributed by atoms with E-state index in [0.29, 0.717) is 12.0 Å². The van der Waals surface area contributed by atoms with Crippen molar-refractivity contribution in [3.8, 4) is 5.75 Å². The first-order chi connectivity index (χ1) is 8.31. The third kappa shape index (κ3) is 1.95. The standard InChI is InChI=1S/C15H21NO/c1-3-17-13-6-4-5-12-14(13)10(2)9-16-15(12)11-7-8-11/h4-6,10-11,15-16H,3,7-9H2,1-2H3. The van der Waals surface area contributed by atoms with Gasteiger partial charge in [-0.3, -0.25) is 0 Å². The lowest BCUT2D eigenvalue weighted by Gasteiger charge is -2.32. The van der Waals surface area contributed by atoms with Crippen LogP contribution in [-0.2, 0) is 0 Å². The molecule has 2 nitrogen and oxygen atoms in total. The first kappa shape index (κ1) is 11.1. The molecular weight excluding hydrogens is 210 g/mol. The number of fused-ring (bicyclic) bond motifs is 1. The van der Waals surface area contributed by atoms with Gasteiger partial charge in [0, 0.05) is 18.2 Å². The SMILES string of the molecule is CCOc1cccc2c1C(C)CNC2C1CC1. The molecule has 1 saturated carbocycles. The van der Waals surface area contributed by atoms with E-state index in [-0.39, 0.29) is 0 Å². The second-order valence-corrected chi connectivity index (χ2v) is 5.32. The third-order valence-corrected chi connectivity index (χ3v) is 3.96. The van der Waals surface area contributed by atoms with E-state index in [1.54, 1.807) is 0 Å². The van der Waals surface area contributed by atoms with Crippen LogP contribution in [-0.4, -0.2) is 13.2 Å². The third-order valence-electron chi connectivity index (χ3n) is 3.96. The van der Waals surface area contributed by atoms with E-state index < -0.39 is 0 Å². The van der Waals surface area contributed by atoms with Gasteiger partial charge < -0.3 is 10.1 Å². The zero-order valence-corrected chi connectivity index (χ0v) is 10.7. The van der Waals surface area contributed by atoms with Crippen LogP contribution >= 0.6 is 0 Å². The van der Waals surface area contributed by atoms with E-state index in [9.17, 15) is 0 Å². The molecule has 1 aromatic carbocycles. The van der Waals surface area contributed by atoms with E-state index in [4.69, 9.17) is 4.74 Å². The first-order valence-corrected chi connectivity index (χ1v) is 6.80. The predicted molar refractivity (Wildman–Crippen MR) is 69.5 cm³/mol. The average Bonchev–Trinajstić information content (AvgIpc) is 3.14. The molecule has 1 aliphatic carbocycles. The van der Waals surface area contributed by atoms with E-state index in [1.807, 2.05) is 0 Å². The summed E-state index contributed by atoms with van der Waals surface area (Å²) in [5, 5.41) is 3.70. The molecule has 1 aromatic rings. The van der Waals surface area contributed by atoms with Gasteiger partial charge in [0.1, 0.15) is 5.75 Å². The summed E-state index contributed by atoms with van der Waals surface area (Å²) < 4.78 is 5.80. The van der Waals surface area contributed by atoms with Gasteiger partial charge in [0.15, 0.2) is 0 Å². The largest absolute Gasteiger partial charge is 0.494 e. The van der Waals surface area contributed by atoms with Gasteiger partial charge in [0.05, 0.1) is 6.61 Å². The molecule has 2 aliphatic rings. The van der Waals surface area contributed by atoms with Crippen LogP contribution in [0.25, 0.3) is 0 Å². The Morgan fingerprint density at radius 3 is 2.88 bits per heavy atom. The van der Waals surface area contributed by atoms with E-state index in [1.165, 1.54) is 24.0 Å². The monoisotopic (exact) mass is 231 g/mol. The first-order valence-electron chi connectivity index (χ1n) is 6.80. The molecule has 1 fully saturated rings. The normalized spacial score (nSPS) is 27.6. The van der Waals surface area contributed by atoms with Crippen LogP contribution in [0, 0.1) is 5.92 Å². The number of hydrogen-bond acceptors (Lipinski definition) is 2. The molecule has 0 bridgehead atoms. The van der Waals surface area contributed by atoms with Crippen LogP contribution in [0.2, 0.25) is 0 Å². The van der Waals surface area contributed by atoms with Gasteiger partial charge in [-0.1, -0.05) is 19.1 Å². The Morgan fingerprint density at radius 1 is 1.35 bits per heavy atom. The van der Waals surface area contributed by atoms with Crippen molar-refractivity contribution >= 4 is 0 Å². The summed E-state index contributed by atoms with van der Waals surface area (Å²) >= 11 is 0. The highest BCUT2D eigenvalue weighted by molar-refractivity contribution is 5.46. The Bertz CT molecular complexity index is 411. The van der Waals surface area contributed by atoms with Crippen molar-refractivity contribution in [3.63, 3.8) is 0 Å². The van der Waals surface area contributed by atoms with E-state index in [0.717, 1.165) is 24.8 Å². The van der Waals surface area contributed by atoms with Gasteiger partial charge in [0.2, 0.25) is 0 Å². The maximum atomic E-state index is 5.80. The maximum absolute atomic E-state index is 5.80. The van der Waals surface area contributed by atoms with Crippen molar-refractivity contribution in [1.29, 1.82) is 0 Å². The Hall–Kier alpha value is -1.02. The molecular formula is C15H21NO. The molecule has 1 N–H and O–H groups in total. The molecule has 1 heterocycles. The minimum absolute atomic E-state index is 0.558.